The first-order valence-electron chi connectivity index (χ1n) is 6.80. The van der Waals surface area contributed by atoms with Gasteiger partial charge in [0.15, 0.2) is 0 Å². The SMILES string of the molecule is Cc1oc2ccccc2c1CNN1CCCCC1. The second kappa shape index (κ2) is 5.12. The number of para-hydroxylation sites is 1. The van der Waals surface area contributed by atoms with Crippen LogP contribution >= 0.6 is 0 Å². The Morgan fingerprint density at radius 3 is 2.78 bits per heavy atom. The van der Waals surface area contributed by atoms with E-state index in [9.17, 15) is 0 Å². The van der Waals surface area contributed by atoms with Crippen LogP contribution in [0.25, 0.3) is 11.0 Å². The lowest BCUT2D eigenvalue weighted by atomic mass is 10.1. The third-order valence-electron chi connectivity index (χ3n) is 3.74. The van der Waals surface area contributed by atoms with Gasteiger partial charge in [-0.15, -0.1) is 0 Å². The van der Waals surface area contributed by atoms with E-state index in [1.165, 1.54) is 30.2 Å². The molecule has 18 heavy (non-hydrogen) atoms. The van der Waals surface area contributed by atoms with E-state index < -0.39 is 0 Å². The lowest BCUT2D eigenvalue weighted by Gasteiger charge is -2.27. The summed E-state index contributed by atoms with van der Waals surface area (Å²) in [7, 11) is 0. The minimum absolute atomic E-state index is 0.864. The summed E-state index contributed by atoms with van der Waals surface area (Å²) < 4.78 is 5.78. The van der Waals surface area contributed by atoms with Crippen LogP contribution in [0.1, 0.15) is 30.6 Å². The average Bonchev–Trinajstić information content (AvgIpc) is 2.73. The van der Waals surface area contributed by atoms with Gasteiger partial charge in [0.1, 0.15) is 11.3 Å². The van der Waals surface area contributed by atoms with E-state index in [2.05, 4.69) is 22.6 Å². The van der Waals surface area contributed by atoms with Gasteiger partial charge in [-0.2, -0.15) is 0 Å². The molecule has 3 heteroatoms. The number of hydrogen-bond acceptors (Lipinski definition) is 3. The van der Waals surface area contributed by atoms with Crippen LogP contribution in [0.4, 0.5) is 0 Å². The van der Waals surface area contributed by atoms with Gasteiger partial charge in [0, 0.05) is 30.6 Å². The number of fused-ring (bicyclic) bond motifs is 1. The van der Waals surface area contributed by atoms with E-state index in [4.69, 9.17) is 4.42 Å². The van der Waals surface area contributed by atoms with E-state index in [1.807, 2.05) is 19.1 Å². The Bertz CT molecular complexity index is 526. The molecule has 1 aromatic carbocycles. The summed E-state index contributed by atoms with van der Waals surface area (Å²) >= 11 is 0. The third-order valence-corrected chi connectivity index (χ3v) is 3.74. The van der Waals surface area contributed by atoms with Gasteiger partial charge in [-0.1, -0.05) is 24.6 Å². The lowest BCUT2D eigenvalue weighted by Crippen LogP contribution is -2.41. The molecule has 2 heterocycles. The number of piperidine rings is 1. The largest absolute Gasteiger partial charge is 0.461 e. The molecule has 1 aromatic heterocycles. The molecule has 3 nitrogen and oxygen atoms in total. The zero-order valence-corrected chi connectivity index (χ0v) is 10.9. The molecule has 0 radical (unpaired) electrons. The molecular formula is C15H20N2O. The molecule has 1 aliphatic heterocycles. The first-order chi connectivity index (χ1) is 8.84. The maximum atomic E-state index is 5.78. The fourth-order valence-corrected chi connectivity index (χ4v) is 2.68. The fourth-order valence-electron chi connectivity index (χ4n) is 2.68. The van der Waals surface area contributed by atoms with Gasteiger partial charge in [0.05, 0.1) is 0 Å². The van der Waals surface area contributed by atoms with Gasteiger partial charge in [-0.25, -0.2) is 5.01 Å². The monoisotopic (exact) mass is 244 g/mol. The molecule has 0 aliphatic carbocycles. The van der Waals surface area contributed by atoms with Gasteiger partial charge in [-0.3, -0.25) is 5.43 Å². The second-order valence-corrected chi connectivity index (χ2v) is 5.02. The molecule has 0 bridgehead atoms. The number of nitrogens with zero attached hydrogens (tertiary/aromatic N) is 1. The second-order valence-electron chi connectivity index (χ2n) is 5.02. The van der Waals surface area contributed by atoms with Crippen molar-refractivity contribution in [2.24, 2.45) is 0 Å². The minimum Gasteiger partial charge on any atom is -0.461 e. The highest BCUT2D eigenvalue weighted by atomic mass is 16.3. The highest BCUT2D eigenvalue weighted by Crippen LogP contribution is 2.25. The van der Waals surface area contributed by atoms with Gasteiger partial charge >= 0.3 is 0 Å². The van der Waals surface area contributed by atoms with Crippen molar-refractivity contribution in [3.8, 4) is 0 Å². The van der Waals surface area contributed by atoms with Crippen LogP contribution in [0.2, 0.25) is 0 Å². The van der Waals surface area contributed by atoms with Crippen molar-refractivity contribution in [3.63, 3.8) is 0 Å². The van der Waals surface area contributed by atoms with Crippen molar-refractivity contribution in [2.75, 3.05) is 13.1 Å². The van der Waals surface area contributed by atoms with Crippen molar-refractivity contribution in [1.82, 2.24) is 10.4 Å². The predicted octanol–water partition coefficient (Wildman–Crippen LogP) is 3.23. The van der Waals surface area contributed by atoms with Crippen LogP contribution in [0.5, 0.6) is 0 Å². The highest BCUT2D eigenvalue weighted by Gasteiger charge is 2.13. The molecule has 0 saturated carbocycles. The molecule has 1 saturated heterocycles. The Morgan fingerprint density at radius 1 is 1.17 bits per heavy atom. The molecule has 0 amide bonds. The van der Waals surface area contributed by atoms with E-state index in [0.29, 0.717) is 0 Å². The maximum absolute atomic E-state index is 5.78. The van der Waals surface area contributed by atoms with Crippen molar-refractivity contribution < 1.29 is 4.42 Å². The van der Waals surface area contributed by atoms with Crippen LogP contribution < -0.4 is 5.43 Å². The van der Waals surface area contributed by atoms with Crippen LogP contribution in [-0.2, 0) is 6.54 Å². The minimum atomic E-state index is 0.864. The van der Waals surface area contributed by atoms with E-state index in [0.717, 1.165) is 31.0 Å². The van der Waals surface area contributed by atoms with Gasteiger partial charge in [0.2, 0.25) is 0 Å². The van der Waals surface area contributed by atoms with Gasteiger partial charge in [0.25, 0.3) is 0 Å². The quantitative estimate of drug-likeness (QED) is 0.898. The Kier molecular flexibility index (Phi) is 3.35. The fraction of sp³-hybridized carbons (Fsp3) is 0.467. The summed E-state index contributed by atoms with van der Waals surface area (Å²) in [5, 5.41) is 3.57. The first kappa shape index (κ1) is 11.8. The standard InChI is InChI=1S/C15H20N2O/c1-12-14(11-16-17-9-5-2-6-10-17)13-7-3-4-8-15(13)18-12/h3-4,7-8,16H,2,5-6,9-11H2,1H3. The Labute approximate surface area is 108 Å². The molecule has 0 spiro atoms. The zero-order chi connectivity index (χ0) is 12.4. The predicted molar refractivity (Wildman–Crippen MR) is 73.2 cm³/mol. The van der Waals surface area contributed by atoms with Crippen LogP contribution in [0, 0.1) is 6.92 Å². The van der Waals surface area contributed by atoms with Crippen molar-refractivity contribution in [1.29, 1.82) is 0 Å². The lowest BCUT2D eigenvalue weighted by molar-refractivity contribution is 0.151. The number of nitrogens with one attached hydrogen (secondary N) is 1. The zero-order valence-electron chi connectivity index (χ0n) is 10.9. The van der Waals surface area contributed by atoms with E-state index in [1.54, 1.807) is 0 Å². The number of hydrazine groups is 1. The van der Waals surface area contributed by atoms with Gasteiger partial charge in [-0.05, 0) is 25.8 Å². The Morgan fingerprint density at radius 2 is 1.94 bits per heavy atom. The van der Waals surface area contributed by atoms with E-state index >= 15 is 0 Å². The summed E-state index contributed by atoms with van der Waals surface area (Å²) in [5.74, 6) is 1.03. The summed E-state index contributed by atoms with van der Waals surface area (Å²) in [6.45, 7) is 5.24. The molecule has 1 N–H and O–H groups in total. The highest BCUT2D eigenvalue weighted by molar-refractivity contribution is 5.82. The van der Waals surface area contributed by atoms with E-state index in [-0.39, 0.29) is 0 Å². The third kappa shape index (κ3) is 2.28. The molecular weight excluding hydrogens is 224 g/mol. The number of furan rings is 1. The summed E-state index contributed by atoms with van der Waals surface area (Å²) in [6, 6.07) is 8.26. The number of hydrogen-bond donors (Lipinski definition) is 1. The van der Waals surface area contributed by atoms with Gasteiger partial charge < -0.3 is 4.42 Å². The molecule has 1 aliphatic rings. The summed E-state index contributed by atoms with van der Waals surface area (Å²) in [4.78, 5) is 0. The molecule has 3 rings (SSSR count). The number of rotatable bonds is 3. The maximum Gasteiger partial charge on any atom is 0.134 e. The van der Waals surface area contributed by atoms with Crippen LogP contribution in [0.3, 0.4) is 0 Å². The van der Waals surface area contributed by atoms with Crippen molar-refractivity contribution in [3.05, 3.63) is 35.6 Å². The van der Waals surface area contributed by atoms with Crippen LogP contribution in [0.15, 0.2) is 28.7 Å². The van der Waals surface area contributed by atoms with Crippen molar-refractivity contribution >= 4 is 11.0 Å². The molecule has 2 aromatic rings. The molecule has 0 atom stereocenters. The Hall–Kier alpha value is -1.32. The molecule has 0 unspecified atom stereocenters. The topological polar surface area (TPSA) is 28.4 Å². The van der Waals surface area contributed by atoms with Crippen LogP contribution in [-0.4, -0.2) is 18.1 Å². The first-order valence-corrected chi connectivity index (χ1v) is 6.80. The molecule has 1 fully saturated rings. The molecule has 96 valence electrons. The Balaban J connectivity index is 1.75. The number of aryl methyl sites for hydroxylation is 1. The summed E-state index contributed by atoms with van der Waals surface area (Å²) in [5.41, 5.74) is 5.81. The number of benzene rings is 1. The smallest absolute Gasteiger partial charge is 0.134 e. The average molecular weight is 244 g/mol. The van der Waals surface area contributed by atoms with Crippen molar-refractivity contribution in [2.45, 2.75) is 32.7 Å². The normalized spacial score (nSPS) is 17.4. The summed E-state index contributed by atoms with van der Waals surface area (Å²) in [6.07, 6.45) is 3.97.